The number of aliphatic hydroxyl groups excluding tert-OH is 4. The first kappa shape index (κ1) is 17.6. The summed E-state index contributed by atoms with van der Waals surface area (Å²) >= 11 is 0. The average Bonchev–Trinajstić information content (AvgIpc) is 2.33. The summed E-state index contributed by atoms with van der Waals surface area (Å²) in [5.74, 6) is 0. The smallest absolute Gasteiger partial charge is 0.395 e. The van der Waals surface area contributed by atoms with Crippen molar-refractivity contribution in [1.82, 2.24) is 4.72 Å². The summed E-state index contributed by atoms with van der Waals surface area (Å²) in [7, 11) is -10.1. The molecule has 0 radical (unpaired) electrons. The number of hydrogen-bond donors (Lipinski definition) is 7. The van der Waals surface area contributed by atoms with Crippen LogP contribution in [0.2, 0.25) is 1.41 Å². The molecule has 0 saturated heterocycles. The van der Waals surface area contributed by atoms with Crippen molar-refractivity contribution in [2.75, 3.05) is 13.2 Å². The van der Waals surface area contributed by atoms with Crippen molar-refractivity contribution >= 4 is 20.7 Å². The van der Waals surface area contributed by atoms with Gasteiger partial charge in [0.1, 0.15) is 19.7 Å². The third kappa shape index (κ3) is 8.00. The van der Waals surface area contributed by atoms with E-state index in [-0.39, 0.29) is 0 Å². The predicted octanol–water partition coefficient (Wildman–Crippen LogP) is -4.36. The minimum Gasteiger partial charge on any atom is -0.395 e. The zero-order chi connectivity index (χ0) is 17.0. The van der Waals surface area contributed by atoms with E-state index in [9.17, 15) is 32.2 Å². The van der Waals surface area contributed by atoms with Gasteiger partial charge in [-0.2, -0.15) is 21.6 Å². The van der Waals surface area contributed by atoms with E-state index in [0.29, 0.717) is 0 Å². The van der Waals surface area contributed by atoms with Gasteiger partial charge >= 0.3 is 20.7 Å². The van der Waals surface area contributed by atoms with Crippen LogP contribution in [0, 0.1) is 0 Å². The van der Waals surface area contributed by atoms with Crippen molar-refractivity contribution in [3.63, 3.8) is 0 Å². The van der Waals surface area contributed by atoms with Gasteiger partial charge in [0.2, 0.25) is 0 Å². The summed E-state index contributed by atoms with van der Waals surface area (Å²) in [5.41, 5.74) is 0. The molecule has 0 spiro atoms. The minimum absolute atomic E-state index is 0.614. The fourth-order valence-corrected chi connectivity index (χ4v) is 1.93. The number of aliphatic hydroxyl groups is 4. The Bertz CT molecular complexity index is 521. The predicted molar refractivity (Wildman–Crippen MR) is 61.1 cm³/mol. The molecule has 122 valence electrons. The van der Waals surface area contributed by atoms with Crippen molar-refractivity contribution < 1.29 is 52.0 Å². The van der Waals surface area contributed by atoms with E-state index in [2.05, 4.69) is 4.18 Å². The quantitative estimate of drug-likeness (QED) is 0.199. The molecule has 0 fully saturated rings. The molecule has 4 atom stereocenters. The molecule has 7 N–H and O–H groups in total. The van der Waals surface area contributed by atoms with E-state index in [0.717, 1.165) is 0 Å². The monoisotopic (exact) mass is 342 g/mol. The molecule has 0 aromatic rings. The number of nitrogens with one attached hydrogen (secondary N) is 1. The van der Waals surface area contributed by atoms with Crippen molar-refractivity contribution in [2.45, 2.75) is 24.4 Å². The fourth-order valence-electron chi connectivity index (χ4n) is 1.08. The van der Waals surface area contributed by atoms with Gasteiger partial charge in [0, 0.05) is 0 Å². The lowest BCUT2D eigenvalue weighted by Crippen LogP contribution is -2.54. The molecule has 0 heterocycles. The van der Waals surface area contributed by atoms with Gasteiger partial charge in [0.05, 0.1) is 19.3 Å². The normalized spacial score (nSPS) is 20.2. The van der Waals surface area contributed by atoms with Crippen molar-refractivity contribution in [2.24, 2.45) is 0 Å². The first-order valence-corrected chi connectivity index (χ1v) is 7.60. The van der Waals surface area contributed by atoms with Crippen LogP contribution in [0.3, 0.4) is 0 Å². The second-order valence-electron chi connectivity index (χ2n) is 3.56. The van der Waals surface area contributed by atoms with Gasteiger partial charge in [-0.3, -0.25) is 9.11 Å². The molecule has 0 saturated carbocycles. The van der Waals surface area contributed by atoms with Crippen LogP contribution < -0.4 is 4.72 Å². The SMILES string of the molecule is [2H]N([C@H](CO)[C@@H](O)[C@H](O)[C@H](O)COS(=O)(=O)O)S(=O)(=O)O. The molecule has 0 rings (SSSR count). The molecule has 0 aliphatic carbocycles. The van der Waals surface area contributed by atoms with Gasteiger partial charge in [-0.05, 0) is 0 Å². The highest BCUT2D eigenvalue weighted by Crippen LogP contribution is 2.07. The largest absolute Gasteiger partial charge is 0.397 e. The summed E-state index contributed by atoms with van der Waals surface area (Å²) in [6.07, 6.45) is -6.67. The first-order valence-electron chi connectivity index (χ1n) is 5.28. The maximum absolute atomic E-state index is 10.7. The molecule has 20 heavy (non-hydrogen) atoms. The summed E-state index contributed by atoms with van der Waals surface area (Å²) < 4.78 is 68.7. The van der Waals surface area contributed by atoms with Crippen LogP contribution in [-0.4, -0.2) is 83.9 Å². The maximum Gasteiger partial charge on any atom is 0.397 e. The Hall–Kier alpha value is -0.420. The summed E-state index contributed by atoms with van der Waals surface area (Å²) in [5, 5.41) is 37.1. The molecule has 0 aliphatic rings. The van der Waals surface area contributed by atoms with E-state index in [1.165, 1.54) is 0 Å². The van der Waals surface area contributed by atoms with Crippen LogP contribution in [0.1, 0.15) is 0 Å². The second-order valence-corrected chi connectivity index (χ2v) is 5.76. The third-order valence-corrected chi connectivity index (χ3v) is 2.95. The molecule has 12 nitrogen and oxygen atoms in total. The summed E-state index contributed by atoms with van der Waals surface area (Å²) in [4.78, 5) is 0. The molecule has 0 aliphatic heterocycles. The Morgan fingerprint density at radius 2 is 1.60 bits per heavy atom. The lowest BCUT2D eigenvalue weighted by atomic mass is 10.0. The molecular weight excluding hydrogens is 326 g/mol. The first-order chi connectivity index (χ1) is 9.31. The van der Waals surface area contributed by atoms with Gasteiger partial charge < -0.3 is 20.4 Å². The summed E-state index contributed by atoms with van der Waals surface area (Å²) in [6.45, 7) is -2.41. The number of hydrogen-bond acceptors (Lipinski definition) is 9. The lowest BCUT2D eigenvalue weighted by Gasteiger charge is -2.27. The fraction of sp³-hybridized carbons (Fsp3) is 1.00. The molecular formula is C6H15NO11S2. The van der Waals surface area contributed by atoms with Crippen LogP contribution in [0.25, 0.3) is 0 Å². The van der Waals surface area contributed by atoms with E-state index in [4.69, 9.17) is 15.6 Å². The highest BCUT2D eigenvalue weighted by Gasteiger charge is 2.33. The highest BCUT2D eigenvalue weighted by atomic mass is 32.3. The molecule has 14 heteroatoms. The van der Waals surface area contributed by atoms with Gasteiger partial charge in [0.15, 0.2) is 0 Å². The van der Waals surface area contributed by atoms with Gasteiger partial charge in [-0.25, -0.2) is 4.18 Å². The van der Waals surface area contributed by atoms with E-state index in [1.807, 2.05) is 0 Å². The standard InChI is InChI=1S/C6H15NO11S2/c8-1-3(7-19(12,13)14)5(10)6(11)4(9)2-18-20(15,16)17/h3-11H,1-2H2,(H,12,13,14)(H,15,16,17)/t3-,4-,5-,6-/m1/s1/i/hD. The average molecular weight is 342 g/mol. The van der Waals surface area contributed by atoms with Crippen LogP contribution in [-0.2, 0) is 24.9 Å². The van der Waals surface area contributed by atoms with Crippen molar-refractivity contribution in [3.8, 4) is 0 Å². The van der Waals surface area contributed by atoms with Crippen LogP contribution >= 0.6 is 0 Å². The molecule has 0 aromatic carbocycles. The molecule has 0 unspecified atom stereocenters. The third-order valence-electron chi connectivity index (χ3n) is 1.98. The second kappa shape index (κ2) is 7.55. The van der Waals surface area contributed by atoms with Crippen LogP contribution in [0.15, 0.2) is 0 Å². The molecule has 0 amide bonds. The van der Waals surface area contributed by atoms with Crippen molar-refractivity contribution in [3.05, 3.63) is 0 Å². The van der Waals surface area contributed by atoms with E-state index in [1.54, 1.807) is 0 Å². The maximum atomic E-state index is 10.7. The molecule has 0 aromatic heterocycles. The Kier molecular flexibility index (Phi) is 6.65. The van der Waals surface area contributed by atoms with Gasteiger partial charge in [-0.15, -0.1) is 0 Å². The van der Waals surface area contributed by atoms with Crippen molar-refractivity contribution in [1.29, 1.82) is 0 Å². The Morgan fingerprint density at radius 3 is 1.95 bits per heavy atom. The lowest BCUT2D eigenvalue weighted by molar-refractivity contribution is -0.0865. The summed E-state index contributed by atoms with van der Waals surface area (Å²) in [6, 6.07) is -2.06. The molecule has 0 bridgehead atoms. The number of rotatable bonds is 9. The van der Waals surface area contributed by atoms with E-state index >= 15 is 0 Å². The topological polar surface area (TPSA) is 211 Å². The Morgan fingerprint density at radius 1 is 1.10 bits per heavy atom. The zero-order valence-corrected chi connectivity index (χ0v) is 11.3. The van der Waals surface area contributed by atoms with Gasteiger partial charge in [0.25, 0.3) is 0 Å². The Balaban J connectivity index is 4.91. The minimum atomic E-state index is -5.13. The van der Waals surface area contributed by atoms with Crippen LogP contribution in [0.5, 0.6) is 0 Å². The van der Waals surface area contributed by atoms with Crippen LogP contribution in [0.4, 0.5) is 0 Å². The van der Waals surface area contributed by atoms with E-state index < -0.39 is 63.0 Å². The van der Waals surface area contributed by atoms with Gasteiger partial charge in [-0.1, -0.05) is 0 Å². The Labute approximate surface area is 115 Å². The zero-order valence-electron chi connectivity index (χ0n) is 10.7. The highest BCUT2D eigenvalue weighted by molar-refractivity contribution is 7.83.